The lowest BCUT2D eigenvalue weighted by Crippen LogP contribution is -2.30. The van der Waals surface area contributed by atoms with Gasteiger partial charge in [-0.2, -0.15) is 0 Å². The van der Waals surface area contributed by atoms with E-state index in [1.807, 2.05) is 19.9 Å². The largest absolute Gasteiger partial charge is 0.370 e. The maximum atomic E-state index is 11.5. The maximum absolute atomic E-state index is 11.5. The van der Waals surface area contributed by atoms with E-state index >= 15 is 0 Å². The normalized spacial score (nSPS) is 14.1. The van der Waals surface area contributed by atoms with E-state index in [4.69, 9.17) is 5.73 Å². The van der Waals surface area contributed by atoms with Crippen molar-refractivity contribution in [1.29, 1.82) is 0 Å². The zero-order valence-corrected chi connectivity index (χ0v) is 12.8. The number of benzene rings is 1. The van der Waals surface area contributed by atoms with Gasteiger partial charge in [0.05, 0.1) is 6.54 Å². The third-order valence-corrected chi connectivity index (χ3v) is 3.44. The van der Waals surface area contributed by atoms with Crippen LogP contribution in [0.1, 0.15) is 37.8 Å². The molecule has 0 aromatic heterocycles. The van der Waals surface area contributed by atoms with Crippen LogP contribution in [0.4, 0.5) is 5.69 Å². The molecule has 1 aromatic rings. The molecule has 0 heterocycles. The van der Waals surface area contributed by atoms with Crippen LogP contribution in [0.25, 0.3) is 0 Å². The van der Waals surface area contributed by atoms with E-state index in [1.54, 1.807) is 0 Å². The van der Waals surface area contributed by atoms with Crippen molar-refractivity contribution in [3.8, 4) is 0 Å². The average molecular weight is 288 g/mol. The van der Waals surface area contributed by atoms with Gasteiger partial charge in [0.2, 0.25) is 5.91 Å². The van der Waals surface area contributed by atoms with E-state index in [2.05, 4.69) is 27.8 Å². The van der Waals surface area contributed by atoms with E-state index < -0.39 is 0 Å². The lowest BCUT2D eigenvalue weighted by Gasteiger charge is -2.09. The number of nitrogens with zero attached hydrogens (tertiary/aromatic N) is 1. The smallest absolute Gasteiger partial charge is 0.222 e. The monoisotopic (exact) mass is 288 g/mol. The summed E-state index contributed by atoms with van der Waals surface area (Å²) < 4.78 is 0. The lowest BCUT2D eigenvalue weighted by molar-refractivity contribution is -0.121. The van der Waals surface area contributed by atoms with Gasteiger partial charge in [0.15, 0.2) is 5.96 Å². The SMILES string of the molecule is CC(C)NC(=O)CCN=C(N)Nc1ccc2c(c1)CCC2. The fraction of sp³-hybridized carbons (Fsp3) is 0.500. The van der Waals surface area contributed by atoms with E-state index in [0.717, 1.165) is 12.1 Å². The molecule has 0 unspecified atom stereocenters. The number of aliphatic imine (C=N–C) groups is 1. The van der Waals surface area contributed by atoms with Crippen molar-refractivity contribution >= 4 is 17.6 Å². The molecule has 21 heavy (non-hydrogen) atoms. The number of nitrogens with two attached hydrogens (primary N) is 1. The van der Waals surface area contributed by atoms with Crippen molar-refractivity contribution in [3.63, 3.8) is 0 Å². The van der Waals surface area contributed by atoms with Gasteiger partial charge < -0.3 is 16.4 Å². The van der Waals surface area contributed by atoms with Crippen molar-refractivity contribution in [2.24, 2.45) is 10.7 Å². The second-order valence-electron chi connectivity index (χ2n) is 5.70. The number of anilines is 1. The Labute approximate surface area is 126 Å². The molecular formula is C16H24N4O. The zero-order chi connectivity index (χ0) is 15.2. The van der Waals surface area contributed by atoms with Crippen molar-refractivity contribution in [1.82, 2.24) is 5.32 Å². The number of fused-ring (bicyclic) bond motifs is 1. The Bertz CT molecular complexity index is 537. The molecule has 1 amide bonds. The number of nitrogens with one attached hydrogen (secondary N) is 2. The number of carbonyl (C=O) groups excluding carboxylic acids is 1. The molecular weight excluding hydrogens is 264 g/mol. The van der Waals surface area contributed by atoms with E-state index in [9.17, 15) is 4.79 Å². The molecule has 5 nitrogen and oxygen atoms in total. The number of aryl methyl sites for hydroxylation is 2. The molecule has 0 saturated heterocycles. The first-order valence-electron chi connectivity index (χ1n) is 7.52. The third kappa shape index (κ3) is 4.77. The summed E-state index contributed by atoms with van der Waals surface area (Å²) in [5.74, 6) is 0.351. The first-order valence-corrected chi connectivity index (χ1v) is 7.52. The summed E-state index contributed by atoms with van der Waals surface area (Å²) in [5.41, 5.74) is 9.63. The molecule has 0 fully saturated rings. The molecule has 0 spiro atoms. The van der Waals surface area contributed by atoms with Crippen LogP contribution in [0.15, 0.2) is 23.2 Å². The number of amides is 1. The van der Waals surface area contributed by atoms with Gasteiger partial charge in [0.25, 0.3) is 0 Å². The summed E-state index contributed by atoms with van der Waals surface area (Å²) >= 11 is 0. The van der Waals surface area contributed by atoms with E-state index in [0.29, 0.717) is 18.9 Å². The van der Waals surface area contributed by atoms with Crippen LogP contribution in [0, 0.1) is 0 Å². The van der Waals surface area contributed by atoms with Crippen LogP contribution >= 0.6 is 0 Å². The fourth-order valence-electron chi connectivity index (χ4n) is 2.51. The minimum Gasteiger partial charge on any atom is -0.370 e. The predicted octanol–water partition coefficient (Wildman–Crippen LogP) is 1.82. The Morgan fingerprint density at radius 2 is 2.10 bits per heavy atom. The number of guanidine groups is 1. The van der Waals surface area contributed by atoms with Gasteiger partial charge in [-0.25, -0.2) is 0 Å². The van der Waals surface area contributed by atoms with Gasteiger partial charge in [-0.1, -0.05) is 6.07 Å². The molecule has 0 aliphatic heterocycles. The summed E-state index contributed by atoms with van der Waals surface area (Å²) in [7, 11) is 0. The minimum atomic E-state index is -0.000851. The van der Waals surface area contributed by atoms with E-state index in [-0.39, 0.29) is 11.9 Å². The summed E-state index contributed by atoms with van der Waals surface area (Å²) in [6.07, 6.45) is 3.89. The Morgan fingerprint density at radius 1 is 1.33 bits per heavy atom. The molecule has 1 aliphatic carbocycles. The highest BCUT2D eigenvalue weighted by Gasteiger charge is 2.10. The topological polar surface area (TPSA) is 79.5 Å². The number of carbonyl (C=O) groups is 1. The van der Waals surface area contributed by atoms with Crippen molar-refractivity contribution < 1.29 is 4.79 Å². The number of rotatable bonds is 5. The zero-order valence-electron chi connectivity index (χ0n) is 12.8. The van der Waals surface area contributed by atoms with Crippen LogP contribution in [0.3, 0.4) is 0 Å². The van der Waals surface area contributed by atoms with Gasteiger partial charge in [0, 0.05) is 18.2 Å². The molecule has 114 valence electrons. The second kappa shape index (κ2) is 7.11. The van der Waals surface area contributed by atoms with Gasteiger partial charge in [-0.05, 0) is 56.4 Å². The summed E-state index contributed by atoms with van der Waals surface area (Å²) in [4.78, 5) is 15.7. The average Bonchev–Trinajstić information content (AvgIpc) is 2.85. The molecule has 1 aromatic carbocycles. The standard InChI is InChI=1S/C16H24N4O/c1-11(2)19-15(21)8-9-18-16(17)20-14-7-6-12-4-3-5-13(12)10-14/h6-7,10-11H,3-5,8-9H2,1-2H3,(H,19,21)(H3,17,18,20). The lowest BCUT2D eigenvalue weighted by atomic mass is 10.1. The number of hydrogen-bond donors (Lipinski definition) is 3. The third-order valence-electron chi connectivity index (χ3n) is 3.44. The maximum Gasteiger partial charge on any atom is 0.222 e. The molecule has 0 bridgehead atoms. The highest BCUT2D eigenvalue weighted by atomic mass is 16.1. The van der Waals surface area contributed by atoms with Crippen LogP contribution in [0.5, 0.6) is 0 Å². The van der Waals surface area contributed by atoms with Gasteiger partial charge in [-0.15, -0.1) is 0 Å². The van der Waals surface area contributed by atoms with Gasteiger partial charge >= 0.3 is 0 Å². The van der Waals surface area contributed by atoms with Gasteiger partial charge in [-0.3, -0.25) is 9.79 Å². The molecule has 0 saturated carbocycles. The second-order valence-corrected chi connectivity index (χ2v) is 5.70. The van der Waals surface area contributed by atoms with Crippen LogP contribution < -0.4 is 16.4 Å². The summed E-state index contributed by atoms with van der Waals surface area (Å²) in [6.45, 7) is 4.26. The highest BCUT2D eigenvalue weighted by molar-refractivity contribution is 5.92. The molecule has 0 radical (unpaired) electrons. The van der Waals surface area contributed by atoms with Crippen LogP contribution in [-0.2, 0) is 17.6 Å². The predicted molar refractivity (Wildman–Crippen MR) is 86.5 cm³/mol. The molecule has 4 N–H and O–H groups in total. The quantitative estimate of drug-likeness (QED) is 0.571. The summed E-state index contributed by atoms with van der Waals surface area (Å²) in [5, 5.41) is 5.91. The van der Waals surface area contributed by atoms with Crippen molar-refractivity contribution in [2.75, 3.05) is 11.9 Å². The van der Waals surface area contributed by atoms with Crippen molar-refractivity contribution in [3.05, 3.63) is 29.3 Å². The Kier molecular flexibility index (Phi) is 5.20. The fourth-order valence-corrected chi connectivity index (χ4v) is 2.51. The summed E-state index contributed by atoms with van der Waals surface area (Å²) in [6, 6.07) is 6.46. The molecule has 0 atom stereocenters. The highest BCUT2D eigenvalue weighted by Crippen LogP contribution is 2.24. The molecule has 1 aliphatic rings. The Hall–Kier alpha value is -2.04. The first-order chi connectivity index (χ1) is 10.0. The molecule has 5 heteroatoms. The van der Waals surface area contributed by atoms with Crippen molar-refractivity contribution in [2.45, 2.75) is 45.6 Å². The Morgan fingerprint density at radius 3 is 2.86 bits per heavy atom. The van der Waals surface area contributed by atoms with Crippen LogP contribution in [-0.4, -0.2) is 24.5 Å². The van der Waals surface area contributed by atoms with E-state index in [1.165, 1.54) is 24.0 Å². The number of hydrogen-bond acceptors (Lipinski definition) is 2. The minimum absolute atomic E-state index is 0.000851. The van der Waals surface area contributed by atoms with Gasteiger partial charge in [0.1, 0.15) is 0 Å². The Balaban J connectivity index is 1.82. The van der Waals surface area contributed by atoms with Crippen LogP contribution in [0.2, 0.25) is 0 Å². The first kappa shape index (κ1) is 15.4. The molecule has 2 rings (SSSR count).